The minimum Gasteiger partial charge on any atom is -0.504 e. The van der Waals surface area contributed by atoms with Crippen molar-refractivity contribution in [3.05, 3.63) is 57.6 Å². The number of fused-ring (bicyclic) bond motifs is 1. The van der Waals surface area contributed by atoms with Crippen molar-refractivity contribution >= 4 is 47.8 Å². The topological polar surface area (TPSA) is 105 Å². The molecule has 7 nitrogen and oxygen atoms in total. The number of sulfone groups is 1. The molecule has 150 valence electrons. The summed E-state index contributed by atoms with van der Waals surface area (Å²) in [6.07, 6.45) is 1.85. The van der Waals surface area contributed by atoms with Gasteiger partial charge in [-0.1, -0.05) is 23.7 Å². The highest BCUT2D eigenvalue weighted by molar-refractivity contribution is 8.00. The Bertz CT molecular complexity index is 1240. The lowest BCUT2D eigenvalue weighted by molar-refractivity contribution is 0.507. The number of nitrogens with zero attached hydrogens (tertiary/aromatic N) is 2. The van der Waals surface area contributed by atoms with Gasteiger partial charge >= 0.3 is 0 Å². The maximum atomic E-state index is 13.4. The van der Waals surface area contributed by atoms with E-state index in [1.54, 1.807) is 6.92 Å². The van der Waals surface area contributed by atoms with Crippen molar-refractivity contribution in [2.75, 3.05) is 17.6 Å². The molecule has 1 aliphatic rings. The van der Waals surface area contributed by atoms with Crippen molar-refractivity contribution in [1.29, 1.82) is 0 Å². The minimum atomic E-state index is -4.10. The number of aromatic nitrogens is 1. The Morgan fingerprint density at radius 2 is 1.96 bits per heavy atom. The molecule has 1 N–H and O–H groups in total. The molecule has 3 rings (SSSR count). The molecule has 2 aromatic rings. The van der Waals surface area contributed by atoms with E-state index >= 15 is 0 Å². The first-order valence-electron chi connectivity index (χ1n) is 7.88. The molecule has 1 aromatic heterocycles. The molecule has 1 aromatic carbocycles. The van der Waals surface area contributed by atoms with Crippen molar-refractivity contribution in [2.45, 2.75) is 12.7 Å². The van der Waals surface area contributed by atoms with E-state index in [1.807, 2.05) is 0 Å². The third-order valence-corrected chi connectivity index (χ3v) is 7.69. The molecular formula is C17H16ClFN2O5S2. The summed E-state index contributed by atoms with van der Waals surface area (Å²) in [5.74, 6) is -1.97. The van der Waals surface area contributed by atoms with Crippen LogP contribution in [0.15, 0.2) is 24.4 Å². The van der Waals surface area contributed by atoms with E-state index < -0.39 is 42.1 Å². The number of aliphatic hydroxyl groups is 1. The van der Waals surface area contributed by atoms with Crippen molar-refractivity contribution in [1.82, 2.24) is 4.98 Å². The zero-order chi connectivity index (χ0) is 21.0. The SMILES string of the molecule is Cc1ccc(C2=C(O)c3ncc(F)cc3CS2(=O)=O)c(Cl)c1N(C)S(C)(=O)=O. The summed E-state index contributed by atoms with van der Waals surface area (Å²) >= 11 is 6.40. The smallest absolute Gasteiger partial charge is 0.232 e. The molecule has 0 fully saturated rings. The molecule has 0 atom stereocenters. The van der Waals surface area contributed by atoms with Gasteiger partial charge in [0.25, 0.3) is 0 Å². The zero-order valence-electron chi connectivity index (χ0n) is 15.1. The first-order valence-corrected chi connectivity index (χ1v) is 11.8. The van der Waals surface area contributed by atoms with Crippen molar-refractivity contribution in [3.8, 4) is 0 Å². The molecule has 0 bridgehead atoms. The average Bonchev–Trinajstić information content (AvgIpc) is 2.54. The van der Waals surface area contributed by atoms with E-state index in [0.717, 1.165) is 22.8 Å². The lowest BCUT2D eigenvalue weighted by atomic mass is 10.1. The Balaban J connectivity index is 2.34. The molecule has 0 radical (unpaired) electrons. The van der Waals surface area contributed by atoms with Crippen LogP contribution < -0.4 is 4.31 Å². The summed E-state index contributed by atoms with van der Waals surface area (Å²) in [5.41, 5.74) is 0.483. The van der Waals surface area contributed by atoms with E-state index in [1.165, 1.54) is 19.2 Å². The molecular weight excluding hydrogens is 431 g/mol. The fraction of sp³-hybridized carbons (Fsp3) is 0.235. The third-order valence-electron chi connectivity index (χ3n) is 4.40. The van der Waals surface area contributed by atoms with E-state index in [9.17, 15) is 26.3 Å². The van der Waals surface area contributed by atoms with Gasteiger partial charge in [-0.25, -0.2) is 26.2 Å². The molecule has 0 aliphatic carbocycles. The van der Waals surface area contributed by atoms with Gasteiger partial charge in [0.2, 0.25) is 10.0 Å². The van der Waals surface area contributed by atoms with Crippen molar-refractivity contribution in [2.24, 2.45) is 0 Å². The van der Waals surface area contributed by atoms with Gasteiger partial charge in [-0.3, -0.25) is 4.31 Å². The van der Waals surface area contributed by atoms with Crippen molar-refractivity contribution < 1.29 is 26.3 Å². The zero-order valence-corrected chi connectivity index (χ0v) is 17.5. The molecule has 0 unspecified atom stereocenters. The number of hydrogen-bond donors (Lipinski definition) is 1. The lowest BCUT2D eigenvalue weighted by Gasteiger charge is -2.24. The summed E-state index contributed by atoms with van der Waals surface area (Å²) in [5, 5.41) is 10.5. The van der Waals surface area contributed by atoms with Gasteiger partial charge in [0, 0.05) is 12.6 Å². The monoisotopic (exact) mass is 446 g/mol. The van der Waals surface area contributed by atoms with Crippen LogP contribution in [-0.2, 0) is 25.6 Å². The van der Waals surface area contributed by atoms with Gasteiger partial charge in [0.05, 0.1) is 28.9 Å². The number of hydrogen-bond acceptors (Lipinski definition) is 6. The lowest BCUT2D eigenvalue weighted by Crippen LogP contribution is -2.26. The number of anilines is 1. The van der Waals surface area contributed by atoms with E-state index in [-0.39, 0.29) is 27.5 Å². The fourth-order valence-electron chi connectivity index (χ4n) is 3.02. The largest absolute Gasteiger partial charge is 0.504 e. The van der Waals surface area contributed by atoms with E-state index in [0.29, 0.717) is 5.56 Å². The molecule has 28 heavy (non-hydrogen) atoms. The van der Waals surface area contributed by atoms with Crippen LogP contribution >= 0.6 is 11.6 Å². The third kappa shape index (κ3) is 3.36. The second-order valence-electron chi connectivity index (χ2n) is 6.42. The second kappa shape index (κ2) is 6.71. The second-order valence-corrected chi connectivity index (χ2v) is 10.7. The van der Waals surface area contributed by atoms with E-state index in [2.05, 4.69) is 4.98 Å². The minimum absolute atomic E-state index is 0.0259. The predicted molar refractivity (Wildman–Crippen MR) is 106 cm³/mol. The van der Waals surface area contributed by atoms with E-state index in [4.69, 9.17) is 11.6 Å². The number of benzene rings is 1. The fourth-order valence-corrected chi connectivity index (χ4v) is 5.80. The first-order chi connectivity index (χ1) is 12.8. The number of halogens is 2. The van der Waals surface area contributed by atoms with Crippen LogP contribution in [0.3, 0.4) is 0 Å². The summed E-state index contributed by atoms with van der Waals surface area (Å²) in [4.78, 5) is 3.31. The summed E-state index contributed by atoms with van der Waals surface area (Å²) in [7, 11) is -6.49. The van der Waals surface area contributed by atoms with Crippen LogP contribution in [0.4, 0.5) is 10.1 Å². The number of rotatable bonds is 3. The van der Waals surface area contributed by atoms with Gasteiger partial charge in [-0.2, -0.15) is 0 Å². The Kier molecular flexibility index (Phi) is 4.93. The maximum absolute atomic E-state index is 13.4. The van der Waals surface area contributed by atoms with Crippen LogP contribution in [0.1, 0.15) is 22.4 Å². The highest BCUT2D eigenvalue weighted by atomic mass is 35.5. The van der Waals surface area contributed by atoms with Gasteiger partial charge < -0.3 is 5.11 Å². The summed E-state index contributed by atoms with van der Waals surface area (Å²) in [6, 6.07) is 3.88. The number of aryl methyl sites for hydroxylation is 1. The Morgan fingerprint density at radius 1 is 1.32 bits per heavy atom. The molecule has 0 amide bonds. The first kappa shape index (κ1) is 20.6. The quantitative estimate of drug-likeness (QED) is 0.777. The highest BCUT2D eigenvalue weighted by Gasteiger charge is 2.35. The van der Waals surface area contributed by atoms with Crippen LogP contribution in [0.25, 0.3) is 10.7 Å². The summed E-state index contributed by atoms with van der Waals surface area (Å²) in [6.45, 7) is 1.62. The van der Waals surface area contributed by atoms with Gasteiger partial charge in [0.1, 0.15) is 16.4 Å². The Labute approximate surface area is 167 Å². The predicted octanol–water partition coefficient (Wildman–Crippen LogP) is 2.89. The summed E-state index contributed by atoms with van der Waals surface area (Å²) < 4.78 is 63.9. The highest BCUT2D eigenvalue weighted by Crippen LogP contribution is 2.43. The Morgan fingerprint density at radius 3 is 2.57 bits per heavy atom. The Hall–Kier alpha value is -2.17. The molecule has 0 saturated carbocycles. The number of sulfonamides is 1. The van der Waals surface area contributed by atoms with Crippen molar-refractivity contribution in [3.63, 3.8) is 0 Å². The maximum Gasteiger partial charge on any atom is 0.232 e. The van der Waals surface area contributed by atoms with Crippen LogP contribution in [-0.4, -0.2) is 40.2 Å². The van der Waals surface area contributed by atoms with Crippen LogP contribution in [0, 0.1) is 12.7 Å². The number of pyridine rings is 1. The molecule has 0 saturated heterocycles. The standard InChI is InChI=1S/C17H16ClFN2O5S2/c1-9-4-5-12(13(18)15(9)21(2)27(3,23)24)17-16(22)14-10(8-28(17,25)26)6-11(19)7-20-14/h4-7,22H,8H2,1-3H3. The van der Waals surface area contributed by atoms with Crippen LogP contribution in [0.5, 0.6) is 0 Å². The van der Waals surface area contributed by atoms with Gasteiger partial charge in [-0.05, 0) is 24.1 Å². The molecule has 2 heterocycles. The molecule has 11 heteroatoms. The van der Waals surface area contributed by atoms with Crippen LogP contribution in [0.2, 0.25) is 5.02 Å². The molecule has 0 spiro atoms. The normalized spacial score (nSPS) is 16.0. The van der Waals surface area contributed by atoms with Gasteiger partial charge in [-0.15, -0.1) is 0 Å². The van der Waals surface area contributed by atoms with Gasteiger partial charge in [0.15, 0.2) is 15.6 Å². The number of aliphatic hydroxyl groups excluding tert-OH is 1. The molecule has 1 aliphatic heterocycles. The average molecular weight is 447 g/mol.